The highest BCUT2D eigenvalue weighted by atomic mass is 16.5. The van der Waals surface area contributed by atoms with E-state index in [1.165, 1.54) is 0 Å². The number of hydrogen-bond acceptors (Lipinski definition) is 7. The van der Waals surface area contributed by atoms with Gasteiger partial charge in [-0.05, 0) is 24.6 Å². The lowest BCUT2D eigenvalue weighted by Gasteiger charge is -2.08. The number of para-hydroxylation sites is 1. The summed E-state index contributed by atoms with van der Waals surface area (Å²) in [5.74, 6) is 2.23. The molecule has 3 heterocycles. The number of rotatable bonds is 8. The zero-order valence-corrected chi connectivity index (χ0v) is 16.8. The Morgan fingerprint density at radius 2 is 2.07 bits per heavy atom. The number of hydrogen-bond donors (Lipinski definition) is 1. The Kier molecular flexibility index (Phi) is 5.69. The lowest BCUT2D eigenvalue weighted by atomic mass is 10.1. The summed E-state index contributed by atoms with van der Waals surface area (Å²) < 4.78 is 12.5. The molecule has 9 nitrogen and oxygen atoms in total. The first kappa shape index (κ1) is 19.6. The van der Waals surface area contributed by atoms with Crippen molar-refractivity contribution in [3.63, 3.8) is 0 Å². The fraction of sp³-hybridized carbons (Fsp3) is 0.286. The molecular weight excluding hydrogens is 384 g/mol. The van der Waals surface area contributed by atoms with Crippen LogP contribution < -0.4 is 10.1 Å². The van der Waals surface area contributed by atoms with Crippen molar-refractivity contribution in [1.29, 1.82) is 0 Å². The van der Waals surface area contributed by atoms with Crippen LogP contribution in [0.5, 0.6) is 5.75 Å². The molecule has 9 heteroatoms. The van der Waals surface area contributed by atoms with E-state index in [0.29, 0.717) is 34.5 Å². The highest BCUT2D eigenvalue weighted by Gasteiger charge is 2.16. The van der Waals surface area contributed by atoms with Gasteiger partial charge in [0.2, 0.25) is 5.91 Å². The molecule has 0 saturated heterocycles. The molecule has 0 spiro atoms. The second kappa shape index (κ2) is 8.73. The van der Waals surface area contributed by atoms with Crippen LogP contribution in [-0.4, -0.2) is 37.8 Å². The normalized spacial score (nSPS) is 11.0. The minimum absolute atomic E-state index is 0.131. The van der Waals surface area contributed by atoms with Crippen molar-refractivity contribution < 1.29 is 14.1 Å². The van der Waals surface area contributed by atoms with Crippen molar-refractivity contribution in [3.8, 4) is 17.2 Å². The quantitative estimate of drug-likeness (QED) is 0.479. The fourth-order valence-electron chi connectivity index (χ4n) is 3.20. The topological polar surface area (TPSA) is 107 Å². The van der Waals surface area contributed by atoms with Gasteiger partial charge in [-0.15, -0.1) is 10.2 Å². The molecule has 0 aliphatic rings. The summed E-state index contributed by atoms with van der Waals surface area (Å²) >= 11 is 0. The van der Waals surface area contributed by atoms with Crippen molar-refractivity contribution in [2.24, 2.45) is 0 Å². The molecule has 0 atom stereocenters. The van der Waals surface area contributed by atoms with Gasteiger partial charge in [0, 0.05) is 18.2 Å². The van der Waals surface area contributed by atoms with Gasteiger partial charge in [-0.1, -0.05) is 30.3 Å². The molecule has 0 unspecified atom stereocenters. The van der Waals surface area contributed by atoms with Gasteiger partial charge in [0.25, 0.3) is 5.89 Å². The Morgan fingerprint density at radius 1 is 1.20 bits per heavy atom. The maximum Gasteiger partial charge on any atom is 0.261 e. The van der Waals surface area contributed by atoms with E-state index in [0.717, 1.165) is 18.4 Å². The number of ether oxygens (including phenoxy) is 1. The summed E-state index contributed by atoms with van der Waals surface area (Å²) in [4.78, 5) is 16.8. The Hall–Kier alpha value is -3.75. The van der Waals surface area contributed by atoms with Gasteiger partial charge >= 0.3 is 0 Å². The van der Waals surface area contributed by atoms with E-state index < -0.39 is 0 Å². The number of methoxy groups -OCH3 is 1. The van der Waals surface area contributed by atoms with Crippen LogP contribution in [0.25, 0.3) is 17.1 Å². The van der Waals surface area contributed by atoms with Crippen molar-refractivity contribution in [2.45, 2.75) is 32.7 Å². The number of nitrogens with zero attached hydrogens (tertiary/aromatic N) is 5. The maximum absolute atomic E-state index is 12.4. The Bertz CT molecular complexity index is 1170. The van der Waals surface area contributed by atoms with Crippen LogP contribution in [-0.2, 0) is 24.2 Å². The average molecular weight is 406 g/mol. The zero-order valence-electron chi connectivity index (χ0n) is 16.8. The molecule has 1 amide bonds. The minimum Gasteiger partial charge on any atom is -0.496 e. The van der Waals surface area contributed by atoms with E-state index in [2.05, 4.69) is 32.6 Å². The summed E-state index contributed by atoms with van der Waals surface area (Å²) in [5.41, 5.74) is 2.12. The number of fused-ring (bicyclic) bond motifs is 1. The third-order valence-electron chi connectivity index (χ3n) is 4.66. The van der Waals surface area contributed by atoms with Crippen LogP contribution in [0.1, 0.15) is 30.6 Å². The van der Waals surface area contributed by atoms with Gasteiger partial charge in [0.15, 0.2) is 17.3 Å². The number of carbonyl (C=O) groups excluding carboxylic acids is 1. The molecular formula is C21H22N6O3. The molecule has 0 aliphatic carbocycles. The fourth-order valence-corrected chi connectivity index (χ4v) is 3.20. The van der Waals surface area contributed by atoms with Crippen molar-refractivity contribution in [3.05, 3.63) is 59.8 Å². The van der Waals surface area contributed by atoms with Crippen LogP contribution in [0.2, 0.25) is 0 Å². The van der Waals surface area contributed by atoms with Gasteiger partial charge in [-0.3, -0.25) is 9.20 Å². The van der Waals surface area contributed by atoms with E-state index in [4.69, 9.17) is 9.26 Å². The van der Waals surface area contributed by atoms with Gasteiger partial charge in [-0.25, -0.2) is 0 Å². The molecule has 0 bridgehead atoms. The third-order valence-corrected chi connectivity index (χ3v) is 4.66. The van der Waals surface area contributed by atoms with Crippen molar-refractivity contribution >= 4 is 11.6 Å². The van der Waals surface area contributed by atoms with Crippen LogP contribution >= 0.6 is 0 Å². The van der Waals surface area contributed by atoms with Gasteiger partial charge in [0.05, 0.1) is 25.6 Å². The summed E-state index contributed by atoms with van der Waals surface area (Å²) in [6.45, 7) is 2.30. The monoisotopic (exact) mass is 406 g/mol. The second-order valence-electron chi connectivity index (χ2n) is 6.76. The SMILES string of the molecule is CCCc1noc(-c2cccn3c(CNC(=O)Cc4ccccc4OC)nnc23)n1. The summed E-state index contributed by atoms with van der Waals surface area (Å²) in [5, 5.41) is 15.4. The third kappa shape index (κ3) is 4.00. The van der Waals surface area contributed by atoms with E-state index in [1.807, 2.05) is 47.0 Å². The molecule has 0 radical (unpaired) electrons. The minimum atomic E-state index is -0.131. The molecule has 0 fully saturated rings. The number of benzene rings is 1. The van der Waals surface area contributed by atoms with E-state index in [9.17, 15) is 4.79 Å². The molecule has 3 aromatic heterocycles. The maximum atomic E-state index is 12.4. The number of nitrogens with one attached hydrogen (secondary N) is 1. The first-order valence-electron chi connectivity index (χ1n) is 9.73. The standard InChI is InChI=1S/C21H22N6O3/c1-3-7-17-23-21(30-26-17)15-9-6-11-27-18(24-25-20(15)27)13-22-19(28)12-14-8-4-5-10-16(14)29-2/h4-6,8-11H,3,7,12-13H2,1-2H3,(H,22,28). The Labute approximate surface area is 173 Å². The summed E-state index contributed by atoms with van der Waals surface area (Å²) in [7, 11) is 1.59. The van der Waals surface area contributed by atoms with Gasteiger partial charge < -0.3 is 14.6 Å². The smallest absolute Gasteiger partial charge is 0.261 e. The predicted molar refractivity (Wildman–Crippen MR) is 109 cm³/mol. The highest BCUT2D eigenvalue weighted by Crippen LogP contribution is 2.22. The van der Waals surface area contributed by atoms with E-state index >= 15 is 0 Å². The van der Waals surface area contributed by atoms with Crippen LogP contribution in [0.15, 0.2) is 47.1 Å². The van der Waals surface area contributed by atoms with Crippen LogP contribution in [0.3, 0.4) is 0 Å². The predicted octanol–water partition coefficient (Wildman–Crippen LogP) is 2.60. The molecule has 0 aliphatic heterocycles. The van der Waals surface area contributed by atoms with E-state index in [-0.39, 0.29) is 18.9 Å². The summed E-state index contributed by atoms with van der Waals surface area (Å²) in [6.07, 6.45) is 3.74. The lowest BCUT2D eigenvalue weighted by molar-refractivity contribution is -0.120. The molecule has 1 aromatic carbocycles. The van der Waals surface area contributed by atoms with Crippen molar-refractivity contribution in [1.82, 2.24) is 30.1 Å². The largest absolute Gasteiger partial charge is 0.496 e. The highest BCUT2D eigenvalue weighted by molar-refractivity contribution is 5.79. The summed E-state index contributed by atoms with van der Waals surface area (Å²) in [6, 6.07) is 11.2. The van der Waals surface area contributed by atoms with Crippen LogP contribution in [0.4, 0.5) is 0 Å². The lowest BCUT2D eigenvalue weighted by Crippen LogP contribution is -2.25. The average Bonchev–Trinajstić information content (AvgIpc) is 3.40. The Balaban J connectivity index is 1.49. The van der Waals surface area contributed by atoms with Gasteiger partial charge in [0.1, 0.15) is 5.75 Å². The first-order valence-corrected chi connectivity index (χ1v) is 9.73. The first-order chi connectivity index (χ1) is 14.7. The van der Waals surface area contributed by atoms with E-state index in [1.54, 1.807) is 7.11 Å². The van der Waals surface area contributed by atoms with Gasteiger partial charge in [-0.2, -0.15) is 4.98 Å². The number of amides is 1. The molecule has 0 saturated carbocycles. The molecule has 4 rings (SSSR count). The number of aromatic nitrogens is 5. The van der Waals surface area contributed by atoms with Crippen LogP contribution in [0, 0.1) is 0 Å². The zero-order chi connectivity index (χ0) is 20.9. The molecule has 4 aromatic rings. The number of pyridine rings is 1. The van der Waals surface area contributed by atoms with Crippen molar-refractivity contribution in [2.75, 3.05) is 7.11 Å². The molecule has 1 N–H and O–H groups in total. The molecule has 30 heavy (non-hydrogen) atoms. The molecule has 154 valence electrons. The Morgan fingerprint density at radius 3 is 2.90 bits per heavy atom. The number of aryl methyl sites for hydroxylation is 1. The number of carbonyl (C=O) groups is 1. The second-order valence-corrected chi connectivity index (χ2v) is 6.76.